The van der Waals surface area contributed by atoms with Crippen LogP contribution in [0.5, 0.6) is 0 Å². The van der Waals surface area contributed by atoms with Gasteiger partial charge in [-0.05, 0) is 39.8 Å². The molecule has 4 heteroatoms. The fraction of sp³-hybridized carbons (Fsp3) is 1.00. The molecule has 0 aromatic heterocycles. The fourth-order valence-corrected chi connectivity index (χ4v) is 3.41. The van der Waals surface area contributed by atoms with E-state index in [1.165, 1.54) is 12.8 Å². The molecule has 2 heterocycles. The molecule has 4 nitrogen and oxygen atoms in total. The van der Waals surface area contributed by atoms with Crippen molar-refractivity contribution in [2.75, 3.05) is 39.8 Å². The topological polar surface area (TPSA) is 41.7 Å². The highest BCUT2D eigenvalue weighted by atomic mass is 16.5. The van der Waals surface area contributed by atoms with Crippen molar-refractivity contribution in [3.63, 3.8) is 0 Å². The zero-order valence-electron chi connectivity index (χ0n) is 12.2. The van der Waals surface area contributed by atoms with Gasteiger partial charge in [0.05, 0.1) is 12.7 Å². The predicted molar refractivity (Wildman–Crippen MR) is 74.7 cm³/mol. The first kappa shape index (κ1) is 14.3. The average Bonchev–Trinajstić information content (AvgIpc) is 2.42. The van der Waals surface area contributed by atoms with Gasteiger partial charge < -0.3 is 15.4 Å². The molecule has 2 fully saturated rings. The quantitative estimate of drug-likeness (QED) is 0.814. The van der Waals surface area contributed by atoms with Crippen LogP contribution in [0.3, 0.4) is 0 Å². The van der Waals surface area contributed by atoms with Crippen LogP contribution >= 0.6 is 0 Å². The van der Waals surface area contributed by atoms with E-state index in [9.17, 15) is 0 Å². The Balaban J connectivity index is 2.07. The third-order valence-corrected chi connectivity index (χ3v) is 5.00. The molecule has 2 rings (SSSR count). The van der Waals surface area contributed by atoms with Crippen LogP contribution in [-0.4, -0.2) is 67.3 Å². The van der Waals surface area contributed by atoms with E-state index in [1.807, 2.05) is 0 Å². The standard InChI is InChI=1S/C14H29N3O/c1-4-13-10-17(7-8-18-13)14(11-15)5-6-16(3)12(2)9-14/h12-13H,4-11,15H2,1-3H3. The summed E-state index contributed by atoms with van der Waals surface area (Å²) in [4.78, 5) is 5.07. The summed E-state index contributed by atoms with van der Waals surface area (Å²) in [7, 11) is 2.22. The number of piperidine rings is 1. The van der Waals surface area contributed by atoms with Crippen LogP contribution in [0.2, 0.25) is 0 Å². The molecular formula is C14H29N3O. The van der Waals surface area contributed by atoms with Crippen LogP contribution < -0.4 is 5.73 Å². The van der Waals surface area contributed by atoms with Gasteiger partial charge in [0.1, 0.15) is 0 Å². The Bertz CT molecular complexity index is 274. The lowest BCUT2D eigenvalue weighted by Gasteiger charge is -2.52. The molecule has 2 aliphatic heterocycles. The maximum Gasteiger partial charge on any atom is 0.0700 e. The number of nitrogens with two attached hydrogens (primary N) is 1. The van der Waals surface area contributed by atoms with E-state index in [0.717, 1.165) is 39.2 Å². The molecule has 0 aliphatic carbocycles. The van der Waals surface area contributed by atoms with Crippen LogP contribution in [0.25, 0.3) is 0 Å². The Kier molecular flexibility index (Phi) is 4.64. The number of morpholine rings is 1. The molecular weight excluding hydrogens is 226 g/mol. The van der Waals surface area contributed by atoms with Crippen LogP contribution in [0, 0.1) is 0 Å². The van der Waals surface area contributed by atoms with Crippen LogP contribution in [-0.2, 0) is 4.74 Å². The molecule has 2 aliphatic rings. The molecule has 0 aromatic carbocycles. The largest absolute Gasteiger partial charge is 0.376 e. The molecule has 2 saturated heterocycles. The van der Waals surface area contributed by atoms with Crippen LogP contribution in [0.1, 0.15) is 33.1 Å². The number of hydrogen-bond donors (Lipinski definition) is 1. The van der Waals surface area contributed by atoms with Crippen molar-refractivity contribution in [2.24, 2.45) is 5.73 Å². The molecule has 18 heavy (non-hydrogen) atoms. The summed E-state index contributed by atoms with van der Waals surface area (Å²) in [5.41, 5.74) is 6.37. The van der Waals surface area contributed by atoms with Crippen molar-refractivity contribution in [2.45, 2.75) is 50.8 Å². The Morgan fingerprint density at radius 3 is 2.78 bits per heavy atom. The van der Waals surface area contributed by atoms with Gasteiger partial charge in [0.15, 0.2) is 0 Å². The van der Waals surface area contributed by atoms with Crippen molar-refractivity contribution in [3.05, 3.63) is 0 Å². The van der Waals surface area contributed by atoms with E-state index in [-0.39, 0.29) is 5.54 Å². The van der Waals surface area contributed by atoms with E-state index in [4.69, 9.17) is 10.5 Å². The molecule has 3 unspecified atom stereocenters. The first-order valence-corrected chi connectivity index (χ1v) is 7.38. The third-order valence-electron chi connectivity index (χ3n) is 5.00. The summed E-state index contributed by atoms with van der Waals surface area (Å²) in [6.07, 6.45) is 3.89. The first-order valence-electron chi connectivity index (χ1n) is 7.38. The molecule has 2 N–H and O–H groups in total. The maximum atomic E-state index is 6.16. The Morgan fingerprint density at radius 2 is 2.17 bits per heavy atom. The lowest BCUT2D eigenvalue weighted by Crippen LogP contribution is -2.64. The van der Waals surface area contributed by atoms with Crippen molar-refractivity contribution in [1.82, 2.24) is 9.80 Å². The van der Waals surface area contributed by atoms with Gasteiger partial charge in [0.2, 0.25) is 0 Å². The Morgan fingerprint density at radius 1 is 1.39 bits per heavy atom. The summed E-state index contributed by atoms with van der Waals surface area (Å²) in [6.45, 7) is 9.44. The second kappa shape index (κ2) is 5.87. The zero-order valence-corrected chi connectivity index (χ0v) is 12.2. The summed E-state index contributed by atoms with van der Waals surface area (Å²) in [6, 6.07) is 0.630. The summed E-state index contributed by atoms with van der Waals surface area (Å²) in [5.74, 6) is 0. The van der Waals surface area contributed by atoms with Gasteiger partial charge in [-0.15, -0.1) is 0 Å². The van der Waals surface area contributed by atoms with Gasteiger partial charge in [-0.25, -0.2) is 0 Å². The lowest BCUT2D eigenvalue weighted by molar-refractivity contribution is -0.0882. The van der Waals surface area contributed by atoms with E-state index in [2.05, 4.69) is 30.7 Å². The van der Waals surface area contributed by atoms with Crippen molar-refractivity contribution in [1.29, 1.82) is 0 Å². The number of hydrogen-bond acceptors (Lipinski definition) is 4. The molecule has 0 bridgehead atoms. The van der Waals surface area contributed by atoms with Crippen molar-refractivity contribution < 1.29 is 4.74 Å². The number of likely N-dealkylation sites (tertiary alicyclic amines) is 1. The highest BCUT2D eigenvalue weighted by molar-refractivity contribution is 4.99. The smallest absolute Gasteiger partial charge is 0.0700 e. The van der Waals surface area contributed by atoms with E-state index >= 15 is 0 Å². The molecule has 0 amide bonds. The van der Waals surface area contributed by atoms with Crippen LogP contribution in [0.4, 0.5) is 0 Å². The second-order valence-electron chi connectivity index (χ2n) is 6.06. The summed E-state index contributed by atoms with van der Waals surface area (Å²) >= 11 is 0. The predicted octanol–water partition coefficient (Wildman–Crippen LogP) is 0.909. The molecule has 0 saturated carbocycles. The number of ether oxygens (including phenoxy) is 1. The minimum atomic E-state index is 0.211. The molecule has 0 spiro atoms. The van der Waals surface area contributed by atoms with E-state index in [1.54, 1.807) is 0 Å². The van der Waals surface area contributed by atoms with Crippen molar-refractivity contribution in [3.8, 4) is 0 Å². The van der Waals surface area contributed by atoms with Crippen LogP contribution in [0.15, 0.2) is 0 Å². The Hall–Kier alpha value is -0.160. The molecule has 0 aromatic rings. The monoisotopic (exact) mass is 255 g/mol. The SMILES string of the molecule is CCC1CN(C2(CN)CCN(C)C(C)C2)CCO1. The maximum absolute atomic E-state index is 6.16. The highest BCUT2D eigenvalue weighted by Gasteiger charge is 2.42. The summed E-state index contributed by atoms with van der Waals surface area (Å²) in [5, 5.41) is 0. The van der Waals surface area contributed by atoms with Gasteiger partial charge in [-0.1, -0.05) is 6.92 Å². The lowest BCUT2D eigenvalue weighted by atomic mass is 9.81. The fourth-order valence-electron chi connectivity index (χ4n) is 3.41. The number of rotatable bonds is 3. The average molecular weight is 255 g/mol. The van der Waals surface area contributed by atoms with Gasteiger partial charge in [0.25, 0.3) is 0 Å². The normalized spacial score (nSPS) is 40.0. The first-order chi connectivity index (χ1) is 8.61. The Labute approximate surface area is 111 Å². The second-order valence-corrected chi connectivity index (χ2v) is 6.06. The van der Waals surface area contributed by atoms with E-state index in [0.29, 0.717) is 12.1 Å². The van der Waals surface area contributed by atoms with Gasteiger partial charge in [0, 0.05) is 31.2 Å². The third kappa shape index (κ3) is 2.72. The highest BCUT2D eigenvalue weighted by Crippen LogP contribution is 2.32. The molecule has 0 radical (unpaired) electrons. The zero-order chi connectivity index (χ0) is 13.2. The molecule has 3 atom stereocenters. The van der Waals surface area contributed by atoms with Gasteiger partial charge >= 0.3 is 0 Å². The van der Waals surface area contributed by atoms with Gasteiger partial charge in [-0.2, -0.15) is 0 Å². The van der Waals surface area contributed by atoms with E-state index < -0.39 is 0 Å². The summed E-state index contributed by atoms with van der Waals surface area (Å²) < 4.78 is 5.79. The number of nitrogens with zero attached hydrogens (tertiary/aromatic N) is 2. The van der Waals surface area contributed by atoms with Crippen molar-refractivity contribution >= 4 is 0 Å². The minimum Gasteiger partial charge on any atom is -0.376 e. The minimum absolute atomic E-state index is 0.211. The van der Waals surface area contributed by atoms with Gasteiger partial charge in [-0.3, -0.25) is 4.90 Å². The molecule has 106 valence electrons.